The van der Waals surface area contributed by atoms with Gasteiger partial charge in [-0.15, -0.1) is 0 Å². The monoisotopic (exact) mass is 377 g/mol. The Kier molecular flexibility index (Phi) is 4.64. The molecule has 0 aliphatic heterocycles. The zero-order chi connectivity index (χ0) is 18.8. The van der Waals surface area contributed by atoms with Gasteiger partial charge in [0, 0.05) is 25.0 Å². The number of ether oxygens (including phenoxy) is 1. The van der Waals surface area contributed by atoms with Crippen molar-refractivity contribution in [1.29, 1.82) is 0 Å². The van der Waals surface area contributed by atoms with Gasteiger partial charge < -0.3 is 19.0 Å². The van der Waals surface area contributed by atoms with Gasteiger partial charge in [0.2, 0.25) is 0 Å². The summed E-state index contributed by atoms with van der Waals surface area (Å²) in [5.41, 5.74) is 2.97. The molecule has 0 bridgehead atoms. The molecule has 136 valence electrons. The Morgan fingerprint density at radius 1 is 1.19 bits per heavy atom. The highest BCUT2D eigenvalue weighted by Gasteiger charge is 2.13. The van der Waals surface area contributed by atoms with E-state index < -0.39 is 0 Å². The van der Waals surface area contributed by atoms with Gasteiger partial charge in [0.15, 0.2) is 12.2 Å². The number of aromatic amines is 1. The van der Waals surface area contributed by atoms with Gasteiger partial charge in [0.25, 0.3) is 0 Å². The number of nitrogens with one attached hydrogen (secondary N) is 1. The van der Waals surface area contributed by atoms with Crippen LogP contribution in [-0.4, -0.2) is 24.1 Å². The summed E-state index contributed by atoms with van der Waals surface area (Å²) >= 11 is 5.66. The number of rotatable bonds is 5. The lowest BCUT2D eigenvalue weighted by Gasteiger charge is -2.20. The number of anilines is 1. The van der Waals surface area contributed by atoms with Crippen LogP contribution in [0.15, 0.2) is 65.5 Å². The molecule has 0 fully saturated rings. The Labute approximate surface area is 162 Å². The number of H-pyrrole nitrogens is 1. The number of oxazole rings is 1. The van der Waals surface area contributed by atoms with Gasteiger partial charge in [-0.05, 0) is 17.7 Å². The summed E-state index contributed by atoms with van der Waals surface area (Å²) in [5, 5.41) is 0.939. The maximum atomic E-state index is 5.66. The molecule has 27 heavy (non-hydrogen) atoms. The third-order valence-corrected chi connectivity index (χ3v) is 4.85. The Morgan fingerprint density at radius 2 is 2.00 bits per heavy atom. The van der Waals surface area contributed by atoms with E-state index in [1.807, 2.05) is 43.4 Å². The fourth-order valence-corrected chi connectivity index (χ4v) is 3.40. The average molecular weight is 377 g/mol. The lowest BCUT2D eigenvalue weighted by atomic mass is 10.1. The molecule has 5 nitrogen and oxygen atoms in total. The van der Waals surface area contributed by atoms with Gasteiger partial charge in [0.05, 0.1) is 28.9 Å². The first kappa shape index (κ1) is 17.3. The van der Waals surface area contributed by atoms with E-state index in [9.17, 15) is 0 Å². The Balaban J connectivity index is 1.77. The zero-order valence-corrected chi connectivity index (χ0v) is 15.9. The first-order chi connectivity index (χ1) is 13.2. The van der Waals surface area contributed by atoms with Crippen molar-refractivity contribution in [1.82, 2.24) is 9.97 Å². The second-order valence-corrected chi connectivity index (χ2v) is 6.76. The first-order valence-electron chi connectivity index (χ1n) is 8.54. The molecule has 4 aromatic rings. The maximum absolute atomic E-state index is 5.66. The van der Waals surface area contributed by atoms with Crippen molar-refractivity contribution in [2.24, 2.45) is 0 Å². The largest absolute Gasteiger partial charge is 0.496 e. The normalized spacial score (nSPS) is 10.9. The van der Waals surface area contributed by atoms with E-state index in [-0.39, 0.29) is 0 Å². The van der Waals surface area contributed by atoms with Crippen LogP contribution in [0.3, 0.4) is 0 Å². The van der Waals surface area contributed by atoms with E-state index in [4.69, 9.17) is 21.4 Å². The second-order valence-electron chi connectivity index (χ2n) is 6.32. The van der Waals surface area contributed by atoms with Gasteiger partial charge >= 0.3 is 0 Å². The molecule has 1 N–H and O–H groups in total. The molecule has 0 saturated heterocycles. The predicted octanol–water partition coefficient (Wildman–Crippen LogP) is 5.20. The summed E-state index contributed by atoms with van der Waals surface area (Å²) in [6.07, 6.45) is 3.07. The lowest BCUT2D eigenvalue weighted by Crippen LogP contribution is -2.17. The van der Waals surface area contributed by atoms with Gasteiger partial charge in [-0.3, -0.25) is 0 Å². The fourth-order valence-electron chi connectivity index (χ4n) is 3.12. The molecule has 4 rings (SSSR count). The Bertz CT molecular complexity index is 1120. The smallest absolute Gasteiger partial charge is 0.181 e. The van der Waals surface area contributed by atoms with Crippen LogP contribution in [0.4, 0.5) is 5.82 Å². The third kappa shape index (κ3) is 3.44. The number of hydrogen-bond donors (Lipinski definition) is 1. The second kappa shape index (κ2) is 7.25. The van der Waals surface area contributed by atoms with Crippen LogP contribution < -0.4 is 9.64 Å². The van der Waals surface area contributed by atoms with E-state index in [2.05, 4.69) is 27.0 Å². The SMILES string of the molecule is COc1cc2[nH]c(N(C)Cc3ccccc3)cc(=S)c2cc1-c1cnco1. The van der Waals surface area contributed by atoms with Crippen molar-refractivity contribution in [2.75, 3.05) is 19.1 Å². The third-order valence-electron chi connectivity index (χ3n) is 4.51. The number of benzene rings is 2. The average Bonchev–Trinajstić information content (AvgIpc) is 3.22. The number of nitrogens with zero attached hydrogens (tertiary/aromatic N) is 2. The van der Waals surface area contributed by atoms with E-state index in [0.29, 0.717) is 11.5 Å². The molecule has 0 atom stereocenters. The zero-order valence-electron chi connectivity index (χ0n) is 15.1. The molecule has 6 heteroatoms. The van der Waals surface area contributed by atoms with Crippen molar-refractivity contribution >= 4 is 28.9 Å². The number of fused-ring (bicyclic) bond motifs is 1. The van der Waals surface area contributed by atoms with Crippen molar-refractivity contribution in [3.8, 4) is 17.1 Å². The summed E-state index contributed by atoms with van der Waals surface area (Å²) in [5.74, 6) is 2.30. The van der Waals surface area contributed by atoms with E-state index in [1.54, 1.807) is 13.3 Å². The minimum absolute atomic E-state index is 0.647. The standard InChI is InChI=1S/C21H19N3O2S/c1-24(12-14-6-4-3-5-7-14)21-10-20(27)15-8-16(19-11-22-13-26-19)18(25-2)9-17(15)23-21/h3-11,13H,12H2,1-2H3,(H,23,27). The molecular formula is C21H19N3O2S. The molecule has 0 spiro atoms. The molecule has 0 aliphatic carbocycles. The van der Waals surface area contributed by atoms with Gasteiger partial charge in [-0.2, -0.15) is 0 Å². The van der Waals surface area contributed by atoms with Crippen LogP contribution in [0.5, 0.6) is 5.75 Å². The number of hydrogen-bond acceptors (Lipinski definition) is 5. The van der Waals surface area contributed by atoms with E-state index in [1.165, 1.54) is 12.0 Å². The Morgan fingerprint density at radius 3 is 2.70 bits per heavy atom. The summed E-state index contributed by atoms with van der Waals surface area (Å²) in [7, 11) is 3.68. The quantitative estimate of drug-likeness (QED) is 0.485. The van der Waals surface area contributed by atoms with Gasteiger partial charge in [0.1, 0.15) is 11.6 Å². The molecule has 0 saturated carbocycles. The van der Waals surface area contributed by atoms with E-state index >= 15 is 0 Å². The van der Waals surface area contributed by atoms with Crippen LogP contribution in [0.2, 0.25) is 0 Å². The summed E-state index contributed by atoms with van der Waals surface area (Å²) in [6, 6.07) is 16.2. The van der Waals surface area contributed by atoms with Crippen LogP contribution >= 0.6 is 12.2 Å². The van der Waals surface area contributed by atoms with Gasteiger partial charge in [-0.25, -0.2) is 4.98 Å². The number of pyridine rings is 1. The highest BCUT2D eigenvalue weighted by Crippen LogP contribution is 2.34. The van der Waals surface area contributed by atoms with Crippen molar-refractivity contribution in [2.45, 2.75) is 6.54 Å². The van der Waals surface area contributed by atoms with Crippen molar-refractivity contribution < 1.29 is 9.15 Å². The number of aromatic nitrogens is 2. The molecule has 0 amide bonds. The first-order valence-corrected chi connectivity index (χ1v) is 8.95. The van der Waals surface area contributed by atoms with Crippen LogP contribution in [0.25, 0.3) is 22.2 Å². The van der Waals surface area contributed by atoms with Crippen molar-refractivity contribution in [3.63, 3.8) is 0 Å². The summed E-state index contributed by atoms with van der Waals surface area (Å²) in [6.45, 7) is 0.783. The lowest BCUT2D eigenvalue weighted by molar-refractivity contribution is 0.415. The molecular weight excluding hydrogens is 358 g/mol. The topological polar surface area (TPSA) is 54.3 Å². The maximum Gasteiger partial charge on any atom is 0.181 e. The van der Waals surface area contributed by atoms with Crippen LogP contribution in [-0.2, 0) is 6.54 Å². The summed E-state index contributed by atoms with van der Waals surface area (Å²) < 4.78 is 11.8. The van der Waals surface area contributed by atoms with E-state index in [0.717, 1.165) is 33.3 Å². The molecule has 2 aromatic carbocycles. The fraction of sp³-hybridized carbons (Fsp3) is 0.143. The molecule has 2 heterocycles. The van der Waals surface area contributed by atoms with Crippen LogP contribution in [0, 0.1) is 4.51 Å². The Hall–Kier alpha value is -3.12. The van der Waals surface area contributed by atoms with Crippen molar-refractivity contribution in [3.05, 3.63) is 71.2 Å². The number of methoxy groups -OCH3 is 1. The minimum atomic E-state index is 0.647. The predicted molar refractivity (Wildman–Crippen MR) is 110 cm³/mol. The van der Waals surface area contributed by atoms with Crippen LogP contribution in [0.1, 0.15) is 5.56 Å². The highest BCUT2D eigenvalue weighted by molar-refractivity contribution is 7.71. The highest BCUT2D eigenvalue weighted by atomic mass is 32.1. The molecule has 2 aromatic heterocycles. The molecule has 0 unspecified atom stereocenters. The minimum Gasteiger partial charge on any atom is -0.496 e. The van der Waals surface area contributed by atoms with Gasteiger partial charge in [-0.1, -0.05) is 42.5 Å². The summed E-state index contributed by atoms with van der Waals surface area (Å²) in [4.78, 5) is 9.60. The molecule has 0 aliphatic rings. The molecule has 0 radical (unpaired) electrons.